The molecule has 1 saturated heterocycles. The van der Waals surface area contributed by atoms with Crippen LogP contribution in [0, 0.1) is 0 Å². The van der Waals surface area contributed by atoms with Crippen LogP contribution in [0.4, 0.5) is 0 Å². The highest BCUT2D eigenvalue weighted by Crippen LogP contribution is 2.13. The van der Waals surface area contributed by atoms with Gasteiger partial charge in [0.15, 0.2) is 0 Å². The van der Waals surface area contributed by atoms with Crippen LogP contribution in [-0.2, 0) is 4.79 Å². The Labute approximate surface area is 170 Å². The molecule has 0 bridgehead atoms. The third-order valence-corrected chi connectivity index (χ3v) is 5.00. The van der Waals surface area contributed by atoms with Crippen LogP contribution >= 0.6 is 0 Å². The first kappa shape index (κ1) is 20.3. The second kappa shape index (κ2) is 9.68. The number of hydrogen-bond donors (Lipinski definition) is 2. The van der Waals surface area contributed by atoms with Gasteiger partial charge < -0.3 is 15.5 Å². The fraction of sp³-hybridized carbons (Fsp3) is 0.261. The fourth-order valence-electron chi connectivity index (χ4n) is 3.27. The molecule has 3 rings (SSSR count). The van der Waals surface area contributed by atoms with Crippen molar-refractivity contribution in [1.29, 1.82) is 0 Å². The van der Waals surface area contributed by atoms with Crippen LogP contribution in [0.3, 0.4) is 0 Å². The maximum absolute atomic E-state index is 12.4. The minimum atomic E-state index is -0.140. The van der Waals surface area contributed by atoms with E-state index in [1.165, 1.54) is 0 Å². The average molecular weight is 391 g/mol. The highest BCUT2D eigenvalue weighted by atomic mass is 16.2. The topological polar surface area (TPSA) is 78.5 Å². The van der Waals surface area contributed by atoms with Gasteiger partial charge in [-0.3, -0.25) is 14.4 Å². The van der Waals surface area contributed by atoms with E-state index in [1.54, 1.807) is 60.5 Å². The summed E-state index contributed by atoms with van der Waals surface area (Å²) in [5.41, 5.74) is 2.09. The minimum Gasteiger partial charge on any atom is -0.355 e. The molecule has 0 spiro atoms. The number of amides is 3. The molecule has 0 unspecified atom stereocenters. The van der Waals surface area contributed by atoms with Crippen LogP contribution < -0.4 is 10.6 Å². The van der Waals surface area contributed by atoms with Gasteiger partial charge in [-0.1, -0.05) is 30.3 Å². The summed E-state index contributed by atoms with van der Waals surface area (Å²) < 4.78 is 0. The molecule has 2 aromatic carbocycles. The van der Waals surface area contributed by atoms with Gasteiger partial charge in [-0.2, -0.15) is 0 Å². The molecule has 1 aliphatic rings. The van der Waals surface area contributed by atoms with Crippen molar-refractivity contribution in [3.8, 4) is 0 Å². The summed E-state index contributed by atoms with van der Waals surface area (Å²) in [5.74, 6) is -0.262. The van der Waals surface area contributed by atoms with Gasteiger partial charge in [0.25, 0.3) is 11.8 Å². The molecule has 150 valence electrons. The lowest BCUT2D eigenvalue weighted by Gasteiger charge is -2.31. The molecule has 1 aliphatic heterocycles. The zero-order valence-corrected chi connectivity index (χ0v) is 16.4. The average Bonchev–Trinajstić information content (AvgIpc) is 2.78. The molecule has 0 atom stereocenters. The van der Waals surface area contributed by atoms with Crippen molar-refractivity contribution in [3.05, 3.63) is 77.4 Å². The number of benzene rings is 2. The van der Waals surface area contributed by atoms with E-state index < -0.39 is 0 Å². The maximum Gasteiger partial charge on any atom is 0.251 e. The third-order valence-electron chi connectivity index (χ3n) is 5.00. The predicted octanol–water partition coefficient (Wildman–Crippen LogP) is 2.48. The number of rotatable bonds is 5. The smallest absolute Gasteiger partial charge is 0.251 e. The Morgan fingerprint density at radius 1 is 0.897 bits per heavy atom. The summed E-state index contributed by atoms with van der Waals surface area (Å²) in [5, 5.41) is 5.62. The van der Waals surface area contributed by atoms with Crippen molar-refractivity contribution in [2.75, 3.05) is 20.1 Å². The van der Waals surface area contributed by atoms with E-state index in [0.717, 1.165) is 18.4 Å². The van der Waals surface area contributed by atoms with Gasteiger partial charge in [0.2, 0.25) is 5.91 Å². The second-order valence-electron chi connectivity index (χ2n) is 6.97. The van der Waals surface area contributed by atoms with Crippen molar-refractivity contribution in [2.24, 2.45) is 0 Å². The Balaban J connectivity index is 1.48. The number of nitrogens with one attached hydrogen (secondary N) is 2. The second-order valence-corrected chi connectivity index (χ2v) is 6.97. The lowest BCUT2D eigenvalue weighted by molar-refractivity contribution is -0.127. The molecule has 1 fully saturated rings. The molecule has 0 saturated carbocycles. The van der Waals surface area contributed by atoms with Crippen LogP contribution in [0.5, 0.6) is 0 Å². The highest BCUT2D eigenvalue weighted by Gasteiger charge is 2.23. The van der Waals surface area contributed by atoms with E-state index in [0.29, 0.717) is 24.2 Å². The lowest BCUT2D eigenvalue weighted by Crippen LogP contribution is -2.46. The zero-order valence-electron chi connectivity index (χ0n) is 16.4. The van der Waals surface area contributed by atoms with Crippen LogP contribution in [0.25, 0.3) is 6.08 Å². The van der Waals surface area contributed by atoms with E-state index in [1.807, 2.05) is 18.2 Å². The van der Waals surface area contributed by atoms with Gasteiger partial charge in [-0.15, -0.1) is 0 Å². The molecular weight excluding hydrogens is 366 g/mol. The van der Waals surface area contributed by atoms with Crippen LogP contribution in [0.2, 0.25) is 0 Å². The summed E-state index contributed by atoms with van der Waals surface area (Å²) in [7, 11) is 1.59. The van der Waals surface area contributed by atoms with Crippen LogP contribution in [0.15, 0.2) is 60.7 Å². The first-order valence-electron chi connectivity index (χ1n) is 9.72. The molecular formula is C23H25N3O3. The van der Waals surface area contributed by atoms with Crippen molar-refractivity contribution >= 4 is 23.8 Å². The summed E-state index contributed by atoms with van der Waals surface area (Å²) >= 11 is 0. The standard InChI is InChI=1S/C23H25N3O3/c1-24-22(28)19-10-7-17(8-11-19)9-12-21(27)26-15-13-20(14-16-26)25-23(29)18-5-3-2-4-6-18/h2-12,20H,13-16H2,1H3,(H,24,28)(H,25,29)/b12-9+. The first-order valence-corrected chi connectivity index (χ1v) is 9.72. The molecule has 6 nitrogen and oxygen atoms in total. The number of carbonyl (C=O) groups is 3. The fourth-order valence-corrected chi connectivity index (χ4v) is 3.27. The van der Waals surface area contributed by atoms with Crippen molar-refractivity contribution in [1.82, 2.24) is 15.5 Å². The highest BCUT2D eigenvalue weighted by molar-refractivity contribution is 5.95. The first-order chi connectivity index (χ1) is 14.1. The van der Waals surface area contributed by atoms with Gasteiger partial charge in [0.1, 0.15) is 0 Å². The Bertz CT molecular complexity index is 883. The van der Waals surface area contributed by atoms with Crippen LogP contribution in [-0.4, -0.2) is 48.8 Å². The van der Waals surface area contributed by atoms with E-state index in [9.17, 15) is 14.4 Å². The SMILES string of the molecule is CNC(=O)c1ccc(/C=C/C(=O)N2CCC(NC(=O)c3ccccc3)CC2)cc1. The maximum atomic E-state index is 12.4. The molecule has 29 heavy (non-hydrogen) atoms. The Morgan fingerprint density at radius 2 is 1.52 bits per heavy atom. The zero-order chi connectivity index (χ0) is 20.6. The number of piperidine rings is 1. The van der Waals surface area contributed by atoms with Crippen LogP contribution in [0.1, 0.15) is 39.1 Å². The number of carbonyl (C=O) groups excluding carboxylic acids is 3. The molecule has 0 radical (unpaired) electrons. The van der Waals surface area contributed by atoms with Gasteiger partial charge in [0, 0.05) is 43.4 Å². The summed E-state index contributed by atoms with van der Waals surface area (Å²) in [4.78, 5) is 38.0. The van der Waals surface area contributed by atoms with Gasteiger partial charge >= 0.3 is 0 Å². The number of nitrogens with zero attached hydrogens (tertiary/aromatic N) is 1. The number of likely N-dealkylation sites (tertiary alicyclic amines) is 1. The van der Waals surface area contributed by atoms with Gasteiger partial charge in [-0.05, 0) is 48.7 Å². The summed E-state index contributed by atoms with van der Waals surface area (Å²) in [6.45, 7) is 1.22. The third kappa shape index (κ3) is 5.54. The van der Waals surface area contributed by atoms with Crippen molar-refractivity contribution in [2.45, 2.75) is 18.9 Å². The van der Waals surface area contributed by atoms with E-state index in [4.69, 9.17) is 0 Å². The summed E-state index contributed by atoms with van der Waals surface area (Å²) in [6.07, 6.45) is 4.77. The van der Waals surface area contributed by atoms with E-state index in [-0.39, 0.29) is 23.8 Å². The molecule has 6 heteroatoms. The largest absolute Gasteiger partial charge is 0.355 e. The number of hydrogen-bond acceptors (Lipinski definition) is 3. The van der Waals surface area contributed by atoms with E-state index >= 15 is 0 Å². The monoisotopic (exact) mass is 391 g/mol. The normalized spacial score (nSPS) is 14.6. The Morgan fingerprint density at radius 3 is 2.14 bits per heavy atom. The lowest BCUT2D eigenvalue weighted by atomic mass is 10.0. The predicted molar refractivity (Wildman–Crippen MR) is 112 cm³/mol. The van der Waals surface area contributed by atoms with Gasteiger partial charge in [0.05, 0.1) is 0 Å². The molecule has 1 heterocycles. The van der Waals surface area contributed by atoms with E-state index in [2.05, 4.69) is 10.6 Å². The quantitative estimate of drug-likeness (QED) is 0.769. The van der Waals surface area contributed by atoms with Gasteiger partial charge in [-0.25, -0.2) is 0 Å². The Kier molecular flexibility index (Phi) is 6.79. The molecule has 2 aromatic rings. The van der Waals surface area contributed by atoms with Crippen molar-refractivity contribution < 1.29 is 14.4 Å². The summed E-state index contributed by atoms with van der Waals surface area (Å²) in [6, 6.07) is 16.3. The molecule has 3 amide bonds. The molecule has 2 N–H and O–H groups in total. The molecule has 0 aliphatic carbocycles. The Hall–Kier alpha value is -3.41. The molecule has 0 aromatic heterocycles. The minimum absolute atomic E-state index is 0.0480. The van der Waals surface area contributed by atoms with Crippen molar-refractivity contribution in [3.63, 3.8) is 0 Å².